The van der Waals surface area contributed by atoms with Gasteiger partial charge in [-0.2, -0.15) is 0 Å². The number of guanidine groups is 1. The summed E-state index contributed by atoms with van der Waals surface area (Å²) in [5.41, 5.74) is 0. The van der Waals surface area contributed by atoms with Crippen molar-refractivity contribution in [2.45, 2.75) is 83.2 Å². The molecule has 3 aliphatic rings. The molecule has 0 bridgehead atoms. The van der Waals surface area contributed by atoms with Crippen molar-refractivity contribution in [1.29, 1.82) is 0 Å². The molecule has 29 heavy (non-hydrogen) atoms. The molecule has 2 amide bonds. The van der Waals surface area contributed by atoms with E-state index in [4.69, 9.17) is 0 Å². The van der Waals surface area contributed by atoms with Crippen molar-refractivity contribution >= 4 is 41.8 Å². The van der Waals surface area contributed by atoms with Crippen LogP contribution in [0.1, 0.15) is 71.1 Å². The lowest BCUT2D eigenvalue weighted by Gasteiger charge is -2.39. The molecule has 0 atom stereocenters. The van der Waals surface area contributed by atoms with Crippen molar-refractivity contribution in [3.05, 3.63) is 0 Å². The summed E-state index contributed by atoms with van der Waals surface area (Å²) in [5, 5.41) is 6.87. The van der Waals surface area contributed by atoms with Crippen LogP contribution < -0.4 is 10.6 Å². The molecule has 166 valence electrons. The minimum Gasteiger partial charge on any atom is -0.357 e. The maximum absolute atomic E-state index is 11.9. The molecule has 3 fully saturated rings. The molecule has 7 nitrogen and oxygen atoms in total. The smallest absolute Gasteiger partial charge is 0.229 e. The van der Waals surface area contributed by atoms with Gasteiger partial charge in [-0.1, -0.05) is 19.3 Å². The van der Waals surface area contributed by atoms with Crippen LogP contribution in [0.5, 0.6) is 0 Å². The van der Waals surface area contributed by atoms with Crippen LogP contribution in [0.2, 0.25) is 0 Å². The first-order chi connectivity index (χ1) is 13.7. The Morgan fingerprint density at radius 3 is 2.28 bits per heavy atom. The van der Waals surface area contributed by atoms with E-state index in [1.165, 1.54) is 50.1 Å². The first-order valence-electron chi connectivity index (χ1n) is 11.3. The fourth-order valence-corrected chi connectivity index (χ4v) is 4.68. The minimum atomic E-state index is -0.0560. The van der Waals surface area contributed by atoms with Gasteiger partial charge in [0.15, 0.2) is 5.96 Å². The lowest BCUT2D eigenvalue weighted by molar-refractivity contribution is -0.147. The second-order valence-corrected chi connectivity index (χ2v) is 8.30. The van der Waals surface area contributed by atoms with E-state index in [2.05, 4.69) is 27.4 Å². The molecule has 1 aliphatic carbocycles. The highest BCUT2D eigenvalue weighted by atomic mass is 127. The number of hydrogen-bond donors (Lipinski definition) is 2. The normalized spacial score (nSPS) is 23.1. The fourth-order valence-electron chi connectivity index (χ4n) is 4.68. The van der Waals surface area contributed by atoms with Gasteiger partial charge in [0, 0.05) is 51.1 Å². The van der Waals surface area contributed by atoms with Crippen LogP contribution >= 0.6 is 24.0 Å². The summed E-state index contributed by atoms with van der Waals surface area (Å²) in [4.78, 5) is 32.5. The fraction of sp³-hybridized carbons (Fsp3) is 0.857. The zero-order chi connectivity index (χ0) is 19.8. The van der Waals surface area contributed by atoms with Gasteiger partial charge in [-0.05, 0) is 39.0 Å². The van der Waals surface area contributed by atoms with E-state index in [1.54, 1.807) is 0 Å². The first kappa shape index (κ1) is 24.4. The van der Waals surface area contributed by atoms with Gasteiger partial charge < -0.3 is 15.5 Å². The van der Waals surface area contributed by atoms with Crippen LogP contribution in [0, 0.1) is 0 Å². The second kappa shape index (κ2) is 12.7. The Balaban J connectivity index is 0.00000300. The van der Waals surface area contributed by atoms with E-state index in [1.807, 2.05) is 0 Å². The number of nitrogens with zero attached hydrogens (tertiary/aromatic N) is 3. The van der Waals surface area contributed by atoms with Crippen LogP contribution in [-0.2, 0) is 9.59 Å². The SMILES string of the molecule is CCNC(=NCCN1C(=O)CCCC1=O)NC1CCN(C2CCCCC2)CC1.I. The number of carbonyl (C=O) groups excluding carboxylic acids is 2. The molecule has 2 N–H and O–H groups in total. The van der Waals surface area contributed by atoms with Crippen LogP contribution in [0.15, 0.2) is 4.99 Å². The van der Waals surface area contributed by atoms with Gasteiger partial charge in [-0.15, -0.1) is 24.0 Å². The van der Waals surface area contributed by atoms with Gasteiger partial charge >= 0.3 is 0 Å². The average Bonchev–Trinajstić information content (AvgIpc) is 2.71. The molecular weight excluding hydrogens is 481 g/mol. The molecule has 0 aromatic heterocycles. The van der Waals surface area contributed by atoms with Crippen molar-refractivity contribution in [2.24, 2.45) is 4.99 Å². The monoisotopic (exact) mass is 519 g/mol. The zero-order valence-electron chi connectivity index (χ0n) is 17.8. The summed E-state index contributed by atoms with van der Waals surface area (Å²) < 4.78 is 0. The van der Waals surface area contributed by atoms with Crippen molar-refractivity contribution in [1.82, 2.24) is 20.4 Å². The third kappa shape index (κ3) is 7.38. The summed E-state index contributed by atoms with van der Waals surface area (Å²) in [5.74, 6) is 0.689. The summed E-state index contributed by atoms with van der Waals surface area (Å²) in [7, 11) is 0. The predicted octanol–water partition coefficient (Wildman–Crippen LogP) is 2.50. The highest BCUT2D eigenvalue weighted by molar-refractivity contribution is 14.0. The van der Waals surface area contributed by atoms with Gasteiger partial charge in [0.1, 0.15) is 0 Å². The van der Waals surface area contributed by atoms with E-state index < -0.39 is 0 Å². The molecule has 2 aliphatic heterocycles. The topological polar surface area (TPSA) is 77.0 Å². The third-order valence-electron chi connectivity index (χ3n) is 6.28. The maximum Gasteiger partial charge on any atom is 0.229 e. The van der Waals surface area contributed by atoms with Crippen molar-refractivity contribution in [3.8, 4) is 0 Å². The number of amides is 2. The lowest BCUT2D eigenvalue weighted by atomic mass is 9.92. The van der Waals surface area contributed by atoms with E-state index in [-0.39, 0.29) is 35.8 Å². The number of carbonyl (C=O) groups is 2. The Morgan fingerprint density at radius 2 is 1.66 bits per heavy atom. The van der Waals surface area contributed by atoms with Crippen LogP contribution in [0.25, 0.3) is 0 Å². The summed E-state index contributed by atoms with van der Waals surface area (Å²) >= 11 is 0. The Bertz CT molecular complexity index is 541. The first-order valence-corrected chi connectivity index (χ1v) is 11.3. The number of aliphatic imine (C=N–C) groups is 1. The molecule has 0 aromatic carbocycles. The maximum atomic E-state index is 11.9. The molecule has 0 spiro atoms. The molecule has 0 aromatic rings. The Kier molecular flexibility index (Phi) is 10.7. The van der Waals surface area contributed by atoms with Gasteiger partial charge in [-0.25, -0.2) is 0 Å². The number of rotatable bonds is 6. The second-order valence-electron chi connectivity index (χ2n) is 8.30. The molecule has 2 heterocycles. The lowest BCUT2D eigenvalue weighted by Crippen LogP contribution is -2.51. The highest BCUT2D eigenvalue weighted by Crippen LogP contribution is 2.25. The number of imide groups is 1. The predicted molar refractivity (Wildman–Crippen MR) is 127 cm³/mol. The van der Waals surface area contributed by atoms with Crippen LogP contribution in [0.4, 0.5) is 0 Å². The molecule has 2 saturated heterocycles. The third-order valence-corrected chi connectivity index (χ3v) is 6.28. The summed E-state index contributed by atoms with van der Waals surface area (Å²) in [6.07, 6.45) is 10.9. The Hall–Kier alpha value is -0.900. The molecule has 0 radical (unpaired) electrons. The quantitative estimate of drug-likeness (QED) is 0.244. The standard InChI is InChI=1S/C21H37N5O2.HI/c1-2-22-21(23-13-16-26-19(27)9-6-10-20(26)28)24-17-11-14-25(15-12-17)18-7-4-3-5-8-18;/h17-18H,2-16H2,1H3,(H2,22,23,24);1H. The van der Waals surface area contributed by atoms with E-state index in [0.29, 0.717) is 38.4 Å². The molecule has 0 unspecified atom stereocenters. The molecule has 1 saturated carbocycles. The van der Waals surface area contributed by atoms with Gasteiger partial charge in [0.2, 0.25) is 11.8 Å². The Labute approximate surface area is 192 Å². The number of piperidine rings is 2. The van der Waals surface area contributed by atoms with Gasteiger partial charge in [0.05, 0.1) is 6.54 Å². The number of likely N-dealkylation sites (tertiary alicyclic amines) is 2. The largest absolute Gasteiger partial charge is 0.357 e. The molecule has 3 rings (SSSR count). The number of nitrogens with one attached hydrogen (secondary N) is 2. The number of halogens is 1. The van der Waals surface area contributed by atoms with Crippen LogP contribution in [0.3, 0.4) is 0 Å². The zero-order valence-corrected chi connectivity index (χ0v) is 20.2. The van der Waals surface area contributed by atoms with Crippen molar-refractivity contribution in [3.63, 3.8) is 0 Å². The molecule has 8 heteroatoms. The highest BCUT2D eigenvalue weighted by Gasteiger charge is 2.27. The minimum absolute atomic E-state index is 0. The van der Waals surface area contributed by atoms with Gasteiger partial charge in [-0.3, -0.25) is 19.5 Å². The average molecular weight is 519 g/mol. The van der Waals surface area contributed by atoms with E-state index in [0.717, 1.165) is 31.4 Å². The summed E-state index contributed by atoms with van der Waals surface area (Å²) in [6, 6.07) is 1.24. The van der Waals surface area contributed by atoms with E-state index in [9.17, 15) is 9.59 Å². The number of hydrogen-bond acceptors (Lipinski definition) is 4. The summed E-state index contributed by atoms with van der Waals surface area (Å²) in [6.45, 7) is 6.02. The Morgan fingerprint density at radius 1 is 1.00 bits per heavy atom. The van der Waals surface area contributed by atoms with E-state index >= 15 is 0 Å². The van der Waals surface area contributed by atoms with Crippen LogP contribution in [-0.4, -0.2) is 72.4 Å². The molecular formula is C21H38IN5O2. The van der Waals surface area contributed by atoms with Crippen molar-refractivity contribution in [2.75, 3.05) is 32.7 Å². The van der Waals surface area contributed by atoms with Gasteiger partial charge in [0.25, 0.3) is 0 Å². The van der Waals surface area contributed by atoms with Crippen molar-refractivity contribution < 1.29 is 9.59 Å².